The maximum Gasteiger partial charge on any atom is 0.142 e. The number of likely N-dealkylation sites (N-methyl/N-ethyl adjacent to an activating group) is 1. The first-order chi connectivity index (χ1) is 7.26. The molecule has 1 atom stereocenters. The molecule has 1 aromatic carbocycles. The van der Waals surface area contributed by atoms with Crippen molar-refractivity contribution < 1.29 is 9.84 Å². The molecule has 0 radical (unpaired) electrons. The van der Waals surface area contributed by atoms with Gasteiger partial charge in [-0.2, -0.15) is 5.26 Å². The van der Waals surface area contributed by atoms with Gasteiger partial charge in [0.2, 0.25) is 0 Å². The Kier molecular flexibility index (Phi) is 2.48. The van der Waals surface area contributed by atoms with Gasteiger partial charge in [0.1, 0.15) is 12.4 Å². The molecule has 4 nitrogen and oxygen atoms in total. The summed E-state index contributed by atoms with van der Waals surface area (Å²) in [5.74, 6) is 0.765. The van der Waals surface area contributed by atoms with Gasteiger partial charge >= 0.3 is 0 Å². The number of ether oxygens (including phenoxy) is 1. The maximum atomic E-state index is 9.13. The van der Waals surface area contributed by atoms with Crippen LogP contribution in [-0.2, 0) is 0 Å². The Labute approximate surface area is 88.3 Å². The Hall–Kier alpha value is -1.73. The van der Waals surface area contributed by atoms with Crippen LogP contribution in [0.2, 0.25) is 0 Å². The van der Waals surface area contributed by atoms with Crippen LogP contribution in [-0.4, -0.2) is 31.4 Å². The first kappa shape index (κ1) is 9.81. The van der Waals surface area contributed by atoms with E-state index in [1.807, 2.05) is 11.9 Å². The van der Waals surface area contributed by atoms with E-state index in [9.17, 15) is 0 Å². The summed E-state index contributed by atoms with van der Waals surface area (Å²) in [5, 5.41) is 17.9. The van der Waals surface area contributed by atoms with Gasteiger partial charge in [-0.3, -0.25) is 0 Å². The minimum atomic E-state index is -0.0357. The summed E-state index contributed by atoms with van der Waals surface area (Å²) in [6.45, 7) is 0.526. The second-order valence-electron chi connectivity index (χ2n) is 3.55. The summed E-state index contributed by atoms with van der Waals surface area (Å²) in [6, 6.07) is 7.34. The topological polar surface area (TPSA) is 56.5 Å². The molecule has 1 unspecified atom stereocenters. The molecule has 78 valence electrons. The van der Waals surface area contributed by atoms with Crippen molar-refractivity contribution in [3.05, 3.63) is 23.8 Å². The molecule has 2 rings (SSSR count). The Morgan fingerprint density at radius 3 is 3.13 bits per heavy atom. The van der Waals surface area contributed by atoms with Gasteiger partial charge in [0.25, 0.3) is 0 Å². The van der Waals surface area contributed by atoms with Crippen molar-refractivity contribution in [2.75, 3.05) is 25.2 Å². The number of benzene rings is 1. The number of aliphatic hydroxyl groups excluding tert-OH is 1. The SMILES string of the molecule is CN1c2cc(C#N)ccc2OCC1CO. The number of nitrogens with zero attached hydrogens (tertiary/aromatic N) is 2. The quantitative estimate of drug-likeness (QED) is 0.733. The molecule has 0 fully saturated rings. The molecule has 0 spiro atoms. The van der Waals surface area contributed by atoms with Crippen molar-refractivity contribution in [1.29, 1.82) is 5.26 Å². The highest BCUT2D eigenvalue weighted by Gasteiger charge is 2.24. The van der Waals surface area contributed by atoms with Gasteiger partial charge in [0, 0.05) is 7.05 Å². The first-order valence-corrected chi connectivity index (χ1v) is 4.77. The zero-order valence-corrected chi connectivity index (χ0v) is 8.47. The van der Waals surface area contributed by atoms with Crippen molar-refractivity contribution in [3.63, 3.8) is 0 Å². The zero-order chi connectivity index (χ0) is 10.8. The highest BCUT2D eigenvalue weighted by molar-refractivity contribution is 5.63. The maximum absolute atomic E-state index is 9.13. The van der Waals surface area contributed by atoms with Crippen LogP contribution in [0.15, 0.2) is 18.2 Å². The van der Waals surface area contributed by atoms with Gasteiger partial charge in [-0.1, -0.05) is 0 Å². The third-order valence-electron chi connectivity index (χ3n) is 2.66. The van der Waals surface area contributed by atoms with Crippen LogP contribution in [0.25, 0.3) is 0 Å². The Morgan fingerprint density at radius 1 is 1.67 bits per heavy atom. The molecule has 4 heteroatoms. The predicted octanol–water partition coefficient (Wildman–Crippen LogP) is 0.748. The largest absolute Gasteiger partial charge is 0.489 e. The third kappa shape index (κ3) is 1.62. The zero-order valence-electron chi connectivity index (χ0n) is 8.47. The van der Waals surface area contributed by atoms with E-state index in [-0.39, 0.29) is 12.6 Å². The second-order valence-corrected chi connectivity index (χ2v) is 3.55. The van der Waals surface area contributed by atoms with Crippen molar-refractivity contribution >= 4 is 5.69 Å². The minimum absolute atomic E-state index is 0.0357. The van der Waals surface area contributed by atoms with E-state index in [1.54, 1.807) is 18.2 Å². The molecule has 1 heterocycles. The number of anilines is 1. The van der Waals surface area contributed by atoms with E-state index in [4.69, 9.17) is 15.1 Å². The molecule has 0 saturated heterocycles. The van der Waals surface area contributed by atoms with Crippen LogP contribution in [0.3, 0.4) is 0 Å². The smallest absolute Gasteiger partial charge is 0.142 e. The lowest BCUT2D eigenvalue weighted by molar-refractivity contribution is 0.191. The standard InChI is InChI=1S/C11H12N2O2/c1-13-9(6-14)7-15-11-3-2-8(5-12)4-10(11)13/h2-4,9,14H,6-7H2,1H3. The predicted molar refractivity (Wildman–Crippen MR) is 55.9 cm³/mol. The summed E-state index contributed by atoms with van der Waals surface area (Å²) in [6.07, 6.45) is 0. The molecular weight excluding hydrogens is 192 g/mol. The molecule has 0 bridgehead atoms. The molecular formula is C11H12N2O2. The lowest BCUT2D eigenvalue weighted by Gasteiger charge is -2.34. The minimum Gasteiger partial charge on any atom is -0.489 e. The molecule has 0 saturated carbocycles. The Morgan fingerprint density at radius 2 is 2.47 bits per heavy atom. The average molecular weight is 204 g/mol. The van der Waals surface area contributed by atoms with E-state index in [2.05, 4.69) is 6.07 Å². The number of rotatable bonds is 1. The fourth-order valence-corrected chi connectivity index (χ4v) is 1.65. The number of fused-ring (bicyclic) bond motifs is 1. The average Bonchev–Trinajstić information content (AvgIpc) is 2.29. The van der Waals surface area contributed by atoms with Crippen LogP contribution in [0, 0.1) is 11.3 Å². The fourth-order valence-electron chi connectivity index (χ4n) is 1.65. The van der Waals surface area contributed by atoms with E-state index in [0.717, 1.165) is 11.4 Å². The van der Waals surface area contributed by atoms with Crippen LogP contribution < -0.4 is 9.64 Å². The summed E-state index contributed by atoms with van der Waals surface area (Å²) >= 11 is 0. The molecule has 15 heavy (non-hydrogen) atoms. The number of aliphatic hydroxyl groups is 1. The van der Waals surface area contributed by atoms with Crippen molar-refractivity contribution in [1.82, 2.24) is 0 Å². The van der Waals surface area contributed by atoms with Gasteiger partial charge in [-0.15, -0.1) is 0 Å². The van der Waals surface area contributed by atoms with E-state index < -0.39 is 0 Å². The molecule has 0 aliphatic carbocycles. The van der Waals surface area contributed by atoms with Gasteiger partial charge in [-0.05, 0) is 18.2 Å². The molecule has 0 amide bonds. The van der Waals surface area contributed by atoms with E-state index >= 15 is 0 Å². The first-order valence-electron chi connectivity index (χ1n) is 4.77. The van der Waals surface area contributed by atoms with Crippen molar-refractivity contribution in [2.24, 2.45) is 0 Å². The van der Waals surface area contributed by atoms with E-state index in [0.29, 0.717) is 12.2 Å². The number of hydrogen-bond donors (Lipinski definition) is 1. The van der Waals surface area contributed by atoms with Crippen molar-refractivity contribution in [2.45, 2.75) is 6.04 Å². The van der Waals surface area contributed by atoms with E-state index in [1.165, 1.54) is 0 Å². The molecule has 1 N–H and O–H groups in total. The Bertz CT molecular complexity index is 412. The molecule has 1 aromatic rings. The van der Waals surface area contributed by atoms with Gasteiger partial charge in [-0.25, -0.2) is 0 Å². The summed E-state index contributed by atoms with van der Waals surface area (Å²) in [7, 11) is 1.89. The van der Waals surface area contributed by atoms with Crippen molar-refractivity contribution in [3.8, 4) is 11.8 Å². The normalized spacial score (nSPS) is 19.0. The monoisotopic (exact) mass is 204 g/mol. The Balaban J connectivity index is 2.41. The lowest BCUT2D eigenvalue weighted by Crippen LogP contribution is -2.42. The number of hydrogen-bond acceptors (Lipinski definition) is 4. The fraction of sp³-hybridized carbons (Fsp3) is 0.364. The lowest BCUT2D eigenvalue weighted by atomic mass is 10.1. The highest BCUT2D eigenvalue weighted by atomic mass is 16.5. The molecule has 1 aliphatic rings. The van der Waals surface area contributed by atoms with Crippen LogP contribution in [0.4, 0.5) is 5.69 Å². The van der Waals surface area contributed by atoms with Gasteiger partial charge in [0.05, 0.1) is 30.0 Å². The van der Waals surface area contributed by atoms with Crippen LogP contribution in [0.1, 0.15) is 5.56 Å². The van der Waals surface area contributed by atoms with Crippen LogP contribution >= 0.6 is 0 Å². The van der Waals surface area contributed by atoms with Crippen LogP contribution in [0.5, 0.6) is 5.75 Å². The summed E-state index contributed by atoms with van der Waals surface area (Å²) in [5.41, 5.74) is 1.46. The summed E-state index contributed by atoms with van der Waals surface area (Å²) in [4.78, 5) is 1.94. The highest BCUT2D eigenvalue weighted by Crippen LogP contribution is 2.33. The second kappa shape index (κ2) is 3.79. The van der Waals surface area contributed by atoms with Gasteiger partial charge < -0.3 is 14.7 Å². The molecule has 0 aromatic heterocycles. The van der Waals surface area contributed by atoms with Gasteiger partial charge in [0.15, 0.2) is 0 Å². The molecule has 1 aliphatic heterocycles. The summed E-state index contributed by atoms with van der Waals surface area (Å²) < 4.78 is 5.49. The third-order valence-corrected chi connectivity index (χ3v) is 2.66. The number of nitriles is 1.